The number of rotatable bonds is 3. The van der Waals surface area contributed by atoms with Crippen molar-refractivity contribution in [2.45, 2.75) is 51.0 Å². The van der Waals surface area contributed by atoms with Gasteiger partial charge in [0.15, 0.2) is 0 Å². The van der Waals surface area contributed by atoms with E-state index in [4.69, 9.17) is 5.11 Å². The van der Waals surface area contributed by atoms with E-state index in [2.05, 4.69) is 20.5 Å². The van der Waals surface area contributed by atoms with Gasteiger partial charge in [-0.05, 0) is 19.3 Å². The Morgan fingerprint density at radius 2 is 2.00 bits per heavy atom. The molecule has 0 atom stereocenters. The number of carboxylic acids is 1. The smallest absolute Gasteiger partial charge is 0.329 e. The molecule has 0 saturated heterocycles. The van der Waals surface area contributed by atoms with Gasteiger partial charge in [0.25, 0.3) is 5.91 Å². The maximum atomic E-state index is 12.0. The summed E-state index contributed by atoms with van der Waals surface area (Å²) in [5, 5.41) is 18.2. The number of hydrogen-bond acceptors (Lipinski definition) is 4. The topological polar surface area (TPSA) is 108 Å². The van der Waals surface area contributed by atoms with Gasteiger partial charge in [0.05, 0.1) is 0 Å². The van der Waals surface area contributed by atoms with E-state index >= 15 is 0 Å². The highest BCUT2D eigenvalue weighted by atomic mass is 16.4. The zero-order valence-electron chi connectivity index (χ0n) is 11.3. The number of nitrogens with one attached hydrogen (secondary N) is 2. The third-order valence-electron chi connectivity index (χ3n) is 3.37. The first-order valence-corrected chi connectivity index (χ1v) is 6.23. The van der Waals surface area contributed by atoms with Crippen LogP contribution in [-0.2, 0) is 10.2 Å². The molecule has 1 aromatic heterocycles. The van der Waals surface area contributed by atoms with Gasteiger partial charge in [0.1, 0.15) is 11.4 Å². The number of carbonyl (C=O) groups excluding carboxylic acids is 1. The summed E-state index contributed by atoms with van der Waals surface area (Å²) >= 11 is 0. The molecular weight excluding hydrogens is 248 g/mol. The zero-order chi connectivity index (χ0) is 14.3. The second-order valence-corrected chi connectivity index (χ2v) is 5.95. The molecule has 0 bridgehead atoms. The Morgan fingerprint density at radius 1 is 1.37 bits per heavy atom. The van der Waals surface area contributed by atoms with Gasteiger partial charge in [-0.3, -0.25) is 9.89 Å². The largest absolute Gasteiger partial charge is 0.480 e. The molecule has 7 nitrogen and oxygen atoms in total. The van der Waals surface area contributed by atoms with Gasteiger partial charge in [-0.25, -0.2) is 9.78 Å². The van der Waals surface area contributed by atoms with Crippen molar-refractivity contribution in [3.05, 3.63) is 11.6 Å². The van der Waals surface area contributed by atoms with Crippen LogP contribution in [0.3, 0.4) is 0 Å². The zero-order valence-corrected chi connectivity index (χ0v) is 11.3. The van der Waals surface area contributed by atoms with Crippen LogP contribution in [0.4, 0.5) is 0 Å². The number of aliphatic carboxylic acids is 1. The molecule has 0 aromatic carbocycles. The molecule has 7 heteroatoms. The van der Waals surface area contributed by atoms with Gasteiger partial charge in [-0.15, -0.1) is 5.10 Å². The van der Waals surface area contributed by atoms with Crippen molar-refractivity contribution in [2.75, 3.05) is 0 Å². The number of hydrogen-bond donors (Lipinski definition) is 3. The predicted octanol–water partition coefficient (Wildman–Crippen LogP) is 0.839. The van der Waals surface area contributed by atoms with Crippen molar-refractivity contribution in [2.24, 2.45) is 0 Å². The molecule has 1 aliphatic rings. The predicted molar refractivity (Wildman–Crippen MR) is 66.8 cm³/mol. The van der Waals surface area contributed by atoms with Gasteiger partial charge in [-0.1, -0.05) is 20.8 Å². The minimum atomic E-state index is -1.14. The number of H-pyrrole nitrogens is 1. The number of carboxylic acid groups (broad SMARTS) is 1. The van der Waals surface area contributed by atoms with Crippen molar-refractivity contribution in [3.63, 3.8) is 0 Å². The van der Waals surface area contributed by atoms with Crippen LogP contribution in [0.2, 0.25) is 0 Å². The fourth-order valence-corrected chi connectivity index (χ4v) is 1.89. The molecule has 104 valence electrons. The van der Waals surface area contributed by atoms with E-state index in [1.54, 1.807) is 0 Å². The van der Waals surface area contributed by atoms with Crippen molar-refractivity contribution in [1.29, 1.82) is 0 Å². The highest BCUT2D eigenvalue weighted by molar-refractivity contribution is 5.95. The van der Waals surface area contributed by atoms with Crippen LogP contribution in [0.25, 0.3) is 0 Å². The Kier molecular flexibility index (Phi) is 3.07. The van der Waals surface area contributed by atoms with E-state index in [-0.39, 0.29) is 11.2 Å². The van der Waals surface area contributed by atoms with Crippen molar-refractivity contribution in [3.8, 4) is 0 Å². The lowest BCUT2D eigenvalue weighted by Gasteiger charge is -2.37. The summed E-state index contributed by atoms with van der Waals surface area (Å²) in [4.78, 5) is 27.3. The Bertz CT molecular complexity index is 511. The number of amides is 1. The van der Waals surface area contributed by atoms with Gasteiger partial charge in [0.2, 0.25) is 5.82 Å². The highest BCUT2D eigenvalue weighted by Gasteiger charge is 2.46. The molecule has 19 heavy (non-hydrogen) atoms. The second kappa shape index (κ2) is 4.32. The molecule has 3 N–H and O–H groups in total. The van der Waals surface area contributed by atoms with E-state index in [0.29, 0.717) is 18.7 Å². The molecule has 0 spiro atoms. The molecule has 1 aromatic rings. The van der Waals surface area contributed by atoms with E-state index in [1.165, 1.54) is 0 Å². The van der Waals surface area contributed by atoms with E-state index in [9.17, 15) is 9.59 Å². The number of carbonyl (C=O) groups is 2. The highest BCUT2D eigenvalue weighted by Crippen LogP contribution is 2.32. The third kappa shape index (κ3) is 2.45. The van der Waals surface area contributed by atoms with Crippen LogP contribution >= 0.6 is 0 Å². The first kappa shape index (κ1) is 13.5. The Hall–Kier alpha value is -1.92. The Balaban J connectivity index is 2.12. The van der Waals surface area contributed by atoms with Crippen LogP contribution in [0, 0.1) is 0 Å². The van der Waals surface area contributed by atoms with Gasteiger partial charge >= 0.3 is 5.97 Å². The standard InChI is InChI=1S/C12H18N4O3/c1-11(2,3)9-13-7(15-16-9)8(17)14-12(10(18)19)5-4-6-12/h4-6H2,1-3H3,(H,14,17)(H,18,19)(H,13,15,16). The average molecular weight is 266 g/mol. The molecule has 1 aliphatic carbocycles. The molecule has 2 rings (SSSR count). The second-order valence-electron chi connectivity index (χ2n) is 5.95. The number of aromatic nitrogens is 3. The van der Waals surface area contributed by atoms with Gasteiger partial charge in [0, 0.05) is 5.41 Å². The van der Waals surface area contributed by atoms with Crippen LogP contribution in [0.15, 0.2) is 0 Å². The molecule has 0 radical (unpaired) electrons. The summed E-state index contributed by atoms with van der Waals surface area (Å²) in [5.74, 6) is -0.972. The summed E-state index contributed by atoms with van der Waals surface area (Å²) < 4.78 is 0. The molecule has 1 amide bonds. The van der Waals surface area contributed by atoms with E-state index in [0.717, 1.165) is 6.42 Å². The third-order valence-corrected chi connectivity index (χ3v) is 3.37. The molecule has 1 heterocycles. The summed E-state index contributed by atoms with van der Waals surface area (Å²) in [6.45, 7) is 5.83. The van der Waals surface area contributed by atoms with Crippen LogP contribution in [0.1, 0.15) is 56.5 Å². The Labute approximate surface area is 110 Å². The Morgan fingerprint density at radius 3 is 2.37 bits per heavy atom. The lowest BCUT2D eigenvalue weighted by atomic mass is 9.77. The minimum absolute atomic E-state index is 0.0162. The minimum Gasteiger partial charge on any atom is -0.480 e. The first-order valence-electron chi connectivity index (χ1n) is 6.23. The van der Waals surface area contributed by atoms with Crippen molar-refractivity contribution >= 4 is 11.9 Å². The van der Waals surface area contributed by atoms with Crippen LogP contribution in [-0.4, -0.2) is 37.7 Å². The van der Waals surface area contributed by atoms with Crippen molar-refractivity contribution in [1.82, 2.24) is 20.5 Å². The lowest BCUT2D eigenvalue weighted by Crippen LogP contribution is -2.59. The maximum Gasteiger partial charge on any atom is 0.329 e. The number of aromatic amines is 1. The SMILES string of the molecule is CC(C)(C)c1nc(C(=O)NC2(C(=O)O)CCC2)n[nH]1. The average Bonchev–Trinajstić information content (AvgIpc) is 2.70. The fourth-order valence-electron chi connectivity index (χ4n) is 1.89. The molecular formula is C12H18N4O3. The first-order chi connectivity index (χ1) is 8.74. The fraction of sp³-hybridized carbons (Fsp3) is 0.667. The van der Waals surface area contributed by atoms with Gasteiger partial charge in [-0.2, -0.15) is 0 Å². The van der Waals surface area contributed by atoms with Crippen LogP contribution in [0.5, 0.6) is 0 Å². The monoisotopic (exact) mass is 266 g/mol. The molecule has 0 aliphatic heterocycles. The maximum absolute atomic E-state index is 12.0. The number of nitrogens with zero attached hydrogens (tertiary/aromatic N) is 2. The normalized spacial score (nSPS) is 17.6. The molecule has 1 fully saturated rings. The van der Waals surface area contributed by atoms with E-state index < -0.39 is 17.4 Å². The van der Waals surface area contributed by atoms with E-state index in [1.807, 2.05) is 20.8 Å². The summed E-state index contributed by atoms with van der Waals surface area (Å²) in [5.41, 5.74) is -1.38. The summed E-state index contributed by atoms with van der Waals surface area (Å²) in [6.07, 6.45) is 1.70. The van der Waals surface area contributed by atoms with Crippen molar-refractivity contribution < 1.29 is 14.7 Å². The summed E-state index contributed by atoms with van der Waals surface area (Å²) in [7, 11) is 0. The molecule has 0 unspecified atom stereocenters. The molecule has 1 saturated carbocycles. The van der Waals surface area contributed by atoms with Crippen LogP contribution < -0.4 is 5.32 Å². The quantitative estimate of drug-likeness (QED) is 0.751. The van der Waals surface area contributed by atoms with Gasteiger partial charge < -0.3 is 10.4 Å². The lowest BCUT2D eigenvalue weighted by molar-refractivity contribution is -0.148. The summed E-state index contributed by atoms with van der Waals surface area (Å²) in [6, 6.07) is 0.